The van der Waals surface area contributed by atoms with E-state index >= 15 is 0 Å². The van der Waals surface area contributed by atoms with E-state index in [1.54, 1.807) is 7.11 Å². The maximum atomic E-state index is 12.8. The van der Waals surface area contributed by atoms with Crippen molar-refractivity contribution < 1.29 is 9.53 Å². The van der Waals surface area contributed by atoms with Gasteiger partial charge in [0.2, 0.25) is 5.91 Å². The number of anilines is 1. The quantitative estimate of drug-likeness (QED) is 0.726. The van der Waals surface area contributed by atoms with E-state index in [0.29, 0.717) is 6.42 Å². The summed E-state index contributed by atoms with van der Waals surface area (Å²) in [5.41, 5.74) is 2.40. The molecule has 1 aliphatic rings. The van der Waals surface area contributed by atoms with Crippen LogP contribution in [0.4, 0.5) is 5.69 Å². The van der Waals surface area contributed by atoms with Gasteiger partial charge < -0.3 is 14.5 Å². The number of hydrogen-bond donors (Lipinski definition) is 0. The van der Waals surface area contributed by atoms with Gasteiger partial charge in [0.1, 0.15) is 0 Å². The smallest absolute Gasteiger partial charge is 0.227 e. The minimum absolute atomic E-state index is 0.245. The van der Waals surface area contributed by atoms with Gasteiger partial charge in [0, 0.05) is 38.4 Å². The first kappa shape index (κ1) is 17.0. The lowest BCUT2D eigenvalue weighted by Crippen LogP contribution is -2.48. The molecule has 0 saturated carbocycles. The number of amides is 1. The normalized spacial score (nSPS) is 17.6. The van der Waals surface area contributed by atoms with Crippen molar-refractivity contribution in [2.24, 2.45) is 0 Å². The molecule has 1 aromatic carbocycles. The molecule has 0 spiro atoms. The molecule has 1 heterocycles. The Bertz CT molecular complexity index is 488. The van der Waals surface area contributed by atoms with Crippen molar-refractivity contribution in [3.05, 3.63) is 29.8 Å². The first-order valence-corrected chi connectivity index (χ1v) is 8.17. The lowest BCUT2D eigenvalue weighted by atomic mass is 9.94. The predicted molar refractivity (Wildman–Crippen MR) is 90.3 cm³/mol. The molecule has 4 heteroatoms. The van der Waals surface area contributed by atoms with Crippen LogP contribution in [0.2, 0.25) is 0 Å². The van der Waals surface area contributed by atoms with E-state index in [-0.39, 0.29) is 11.9 Å². The third-order valence-corrected chi connectivity index (χ3v) is 4.20. The molecule has 0 bridgehead atoms. The summed E-state index contributed by atoms with van der Waals surface area (Å²) in [4.78, 5) is 17.0. The molecule has 0 saturated heterocycles. The van der Waals surface area contributed by atoms with E-state index in [0.717, 1.165) is 44.5 Å². The number of benzene rings is 1. The van der Waals surface area contributed by atoms with E-state index in [4.69, 9.17) is 4.74 Å². The van der Waals surface area contributed by atoms with Crippen LogP contribution in [0.3, 0.4) is 0 Å². The number of nitrogens with zero attached hydrogens (tertiary/aromatic N) is 2. The summed E-state index contributed by atoms with van der Waals surface area (Å²) in [6, 6.07) is 8.60. The van der Waals surface area contributed by atoms with Crippen LogP contribution in [-0.4, -0.2) is 51.2 Å². The molecule has 0 aliphatic carbocycles. The highest BCUT2D eigenvalue weighted by atomic mass is 16.5. The number of fused-ring (bicyclic) bond motifs is 1. The van der Waals surface area contributed by atoms with Gasteiger partial charge in [0.05, 0.1) is 0 Å². The second-order valence-electron chi connectivity index (χ2n) is 6.30. The largest absolute Gasteiger partial charge is 0.385 e. The number of carbonyl (C=O) groups excluding carboxylic acids is 1. The Morgan fingerprint density at radius 3 is 2.82 bits per heavy atom. The van der Waals surface area contributed by atoms with E-state index in [2.05, 4.69) is 37.2 Å². The zero-order chi connectivity index (χ0) is 15.9. The lowest BCUT2D eigenvalue weighted by Gasteiger charge is -2.38. The summed E-state index contributed by atoms with van der Waals surface area (Å²) >= 11 is 0. The molecule has 0 fully saturated rings. The van der Waals surface area contributed by atoms with Crippen LogP contribution in [0, 0.1) is 0 Å². The number of methoxy groups -OCH3 is 1. The monoisotopic (exact) mass is 304 g/mol. The van der Waals surface area contributed by atoms with Gasteiger partial charge in [-0.1, -0.05) is 18.2 Å². The summed E-state index contributed by atoms with van der Waals surface area (Å²) in [5, 5.41) is 0. The first-order chi connectivity index (χ1) is 10.6. The number of ether oxygens (including phenoxy) is 1. The van der Waals surface area contributed by atoms with E-state index in [1.807, 2.05) is 11.0 Å². The Kier molecular flexibility index (Phi) is 6.40. The second kappa shape index (κ2) is 8.30. The number of unbranched alkanes of at least 4 members (excludes halogenated alkanes) is 1. The van der Waals surface area contributed by atoms with Gasteiger partial charge in [-0.25, -0.2) is 0 Å². The van der Waals surface area contributed by atoms with Gasteiger partial charge in [-0.3, -0.25) is 4.79 Å². The number of rotatable bonds is 7. The molecule has 4 nitrogen and oxygen atoms in total. The van der Waals surface area contributed by atoms with E-state index in [1.165, 1.54) is 5.56 Å². The van der Waals surface area contributed by atoms with Gasteiger partial charge in [0.15, 0.2) is 0 Å². The highest BCUT2D eigenvalue weighted by Gasteiger charge is 2.30. The van der Waals surface area contributed by atoms with Crippen LogP contribution in [0.15, 0.2) is 24.3 Å². The zero-order valence-corrected chi connectivity index (χ0v) is 14.0. The molecule has 1 amide bonds. The Morgan fingerprint density at radius 2 is 2.09 bits per heavy atom. The van der Waals surface area contributed by atoms with Crippen molar-refractivity contribution in [3.8, 4) is 0 Å². The first-order valence-electron chi connectivity index (χ1n) is 8.17. The summed E-state index contributed by atoms with van der Waals surface area (Å²) in [6.07, 6.45) is 4.53. The van der Waals surface area contributed by atoms with Crippen LogP contribution >= 0.6 is 0 Å². The van der Waals surface area contributed by atoms with Crippen molar-refractivity contribution >= 4 is 11.6 Å². The summed E-state index contributed by atoms with van der Waals surface area (Å²) in [5.74, 6) is 0.245. The molecule has 0 unspecified atom stereocenters. The maximum absolute atomic E-state index is 12.8. The van der Waals surface area contributed by atoms with Gasteiger partial charge in [-0.2, -0.15) is 0 Å². The average Bonchev–Trinajstić information content (AvgIpc) is 2.50. The topological polar surface area (TPSA) is 32.8 Å². The van der Waals surface area contributed by atoms with Crippen molar-refractivity contribution in [1.82, 2.24) is 4.90 Å². The van der Waals surface area contributed by atoms with E-state index < -0.39 is 0 Å². The van der Waals surface area contributed by atoms with Crippen molar-refractivity contribution in [2.75, 3.05) is 39.3 Å². The summed E-state index contributed by atoms with van der Waals surface area (Å²) in [7, 11) is 5.85. The van der Waals surface area contributed by atoms with Gasteiger partial charge in [-0.05, 0) is 51.4 Å². The third kappa shape index (κ3) is 4.31. The van der Waals surface area contributed by atoms with Gasteiger partial charge in [-0.15, -0.1) is 0 Å². The Hall–Kier alpha value is -1.39. The van der Waals surface area contributed by atoms with Crippen LogP contribution in [-0.2, 0) is 16.0 Å². The van der Waals surface area contributed by atoms with Crippen LogP contribution in [0.25, 0.3) is 0 Å². The minimum Gasteiger partial charge on any atom is -0.385 e. The van der Waals surface area contributed by atoms with Gasteiger partial charge >= 0.3 is 0 Å². The fourth-order valence-corrected chi connectivity index (χ4v) is 3.18. The fraction of sp³-hybridized carbons (Fsp3) is 0.611. The fourth-order valence-electron chi connectivity index (χ4n) is 3.18. The van der Waals surface area contributed by atoms with Crippen molar-refractivity contribution in [2.45, 2.75) is 38.1 Å². The predicted octanol–water partition coefficient (Wildman–Crippen LogP) is 2.71. The number of carbonyl (C=O) groups is 1. The van der Waals surface area contributed by atoms with Crippen LogP contribution < -0.4 is 4.90 Å². The Labute approximate surface area is 134 Å². The van der Waals surface area contributed by atoms with Crippen molar-refractivity contribution in [1.29, 1.82) is 0 Å². The molecule has 0 radical (unpaired) electrons. The van der Waals surface area contributed by atoms with Crippen LogP contribution in [0.1, 0.15) is 31.2 Å². The molecular formula is C18H28N2O2. The van der Waals surface area contributed by atoms with Crippen LogP contribution in [0.5, 0.6) is 0 Å². The third-order valence-electron chi connectivity index (χ3n) is 4.20. The number of hydrogen-bond acceptors (Lipinski definition) is 3. The lowest BCUT2D eigenvalue weighted by molar-refractivity contribution is -0.119. The summed E-state index contributed by atoms with van der Waals surface area (Å²) in [6.45, 7) is 1.64. The highest BCUT2D eigenvalue weighted by molar-refractivity contribution is 5.95. The number of likely N-dealkylation sites (N-methyl/N-ethyl adjacent to an activating group) is 1. The average molecular weight is 304 g/mol. The molecule has 122 valence electrons. The molecule has 1 aromatic rings. The standard InChI is InChI=1S/C18H28N2O2/c1-19(2)14-16-12-11-15-8-4-5-9-17(15)20(16)18(21)10-6-7-13-22-3/h4-5,8-9,16H,6-7,10-14H2,1-3H3/t16-/m0/s1. The molecule has 22 heavy (non-hydrogen) atoms. The van der Waals surface area contributed by atoms with E-state index in [9.17, 15) is 4.79 Å². The zero-order valence-electron chi connectivity index (χ0n) is 14.0. The number of aryl methyl sites for hydroxylation is 1. The molecule has 2 rings (SSSR count). The Morgan fingerprint density at radius 1 is 1.32 bits per heavy atom. The maximum Gasteiger partial charge on any atom is 0.227 e. The highest BCUT2D eigenvalue weighted by Crippen LogP contribution is 2.31. The molecular weight excluding hydrogens is 276 g/mol. The van der Waals surface area contributed by atoms with Crippen molar-refractivity contribution in [3.63, 3.8) is 0 Å². The van der Waals surface area contributed by atoms with Gasteiger partial charge in [0.25, 0.3) is 0 Å². The number of para-hydroxylation sites is 1. The molecule has 1 aliphatic heterocycles. The molecule has 0 N–H and O–H groups in total. The molecule has 1 atom stereocenters. The SMILES string of the molecule is COCCCCC(=O)N1c2ccccc2CC[C@H]1CN(C)C. The second-order valence-corrected chi connectivity index (χ2v) is 6.30. The summed E-state index contributed by atoms with van der Waals surface area (Å²) < 4.78 is 5.07. The Balaban J connectivity index is 2.12. The minimum atomic E-state index is 0.245. The molecule has 0 aromatic heterocycles.